The maximum atomic E-state index is 13.4. The monoisotopic (exact) mass is 428 g/mol. The number of hydrogen-bond donors (Lipinski definition) is 2. The first-order valence-electron chi connectivity index (χ1n) is 9.82. The summed E-state index contributed by atoms with van der Waals surface area (Å²) in [6.07, 6.45) is -0.591. The van der Waals surface area contributed by atoms with Crippen molar-refractivity contribution in [2.24, 2.45) is 0 Å². The van der Waals surface area contributed by atoms with Gasteiger partial charge in [-0.2, -0.15) is 0 Å². The van der Waals surface area contributed by atoms with Crippen LogP contribution in [0.4, 0.5) is 4.39 Å². The van der Waals surface area contributed by atoms with Crippen LogP contribution in [0.3, 0.4) is 0 Å². The number of amides is 2. The number of alkyl halides is 1. The molecule has 8 heteroatoms. The zero-order valence-electron chi connectivity index (χ0n) is 16.7. The first-order chi connectivity index (χ1) is 14.3. The average molecular weight is 429 g/mol. The quantitative estimate of drug-likeness (QED) is 0.653. The van der Waals surface area contributed by atoms with Crippen LogP contribution in [0.15, 0.2) is 36.4 Å². The van der Waals surface area contributed by atoms with E-state index in [2.05, 4.69) is 15.3 Å². The number of carbonyl (C=O) groups is 2. The number of hydrogen-bond acceptors (Lipinski definition) is 3. The molecule has 156 valence electrons. The van der Waals surface area contributed by atoms with E-state index >= 15 is 0 Å². The molecule has 2 N–H and O–H groups in total. The lowest BCUT2D eigenvalue weighted by molar-refractivity contribution is 0.0781. The zero-order valence-corrected chi connectivity index (χ0v) is 17.5. The van der Waals surface area contributed by atoms with E-state index in [4.69, 9.17) is 11.6 Å². The highest BCUT2D eigenvalue weighted by atomic mass is 35.5. The minimum atomic E-state index is -0.963. The fourth-order valence-electron chi connectivity index (χ4n) is 3.67. The second-order valence-corrected chi connectivity index (χ2v) is 8.08. The van der Waals surface area contributed by atoms with E-state index < -0.39 is 6.17 Å². The maximum Gasteiger partial charge on any atom is 0.254 e. The van der Waals surface area contributed by atoms with Gasteiger partial charge in [-0.1, -0.05) is 11.6 Å². The number of H-pyrrole nitrogens is 1. The van der Waals surface area contributed by atoms with Crippen LogP contribution in [0.25, 0.3) is 11.0 Å². The van der Waals surface area contributed by atoms with Gasteiger partial charge in [-0.05, 0) is 62.2 Å². The average Bonchev–Trinajstić information content (AvgIpc) is 3.33. The number of aryl methyl sites for hydroxylation is 1. The van der Waals surface area contributed by atoms with Gasteiger partial charge in [-0.15, -0.1) is 0 Å². The second kappa shape index (κ2) is 8.07. The van der Waals surface area contributed by atoms with E-state index in [0.29, 0.717) is 40.5 Å². The molecule has 1 unspecified atom stereocenters. The Bertz CT molecular complexity index is 1130. The smallest absolute Gasteiger partial charge is 0.254 e. The predicted octanol–water partition coefficient (Wildman–Crippen LogP) is 4.20. The minimum absolute atomic E-state index is 0.126. The standard InChI is InChI=1S/C22H22ClFN4O2/c1-12-9-14(3-5-17(12)22(30)28-8-7-16(24)11-28)21(29)25-13(2)20-26-18-6-4-15(23)10-19(18)27-20/h3-6,9-10,13,16H,7-8,11H2,1-2H3,(H,25,29)(H,26,27)/t13-,16?/m0/s1. The van der Waals surface area contributed by atoms with Gasteiger partial charge in [0, 0.05) is 22.7 Å². The molecule has 2 atom stereocenters. The van der Waals surface area contributed by atoms with Crippen molar-refractivity contribution in [1.82, 2.24) is 20.2 Å². The molecule has 0 radical (unpaired) electrons. The molecular formula is C22H22ClFN4O2. The highest BCUT2D eigenvalue weighted by Gasteiger charge is 2.27. The molecule has 1 aliphatic heterocycles. The van der Waals surface area contributed by atoms with Gasteiger partial charge >= 0.3 is 0 Å². The van der Waals surface area contributed by atoms with Crippen LogP contribution in [0.1, 0.15) is 51.5 Å². The molecule has 2 amide bonds. The molecule has 0 spiro atoms. The molecule has 30 heavy (non-hydrogen) atoms. The Balaban J connectivity index is 1.47. The molecule has 0 saturated carbocycles. The Morgan fingerprint density at radius 2 is 2.10 bits per heavy atom. The number of aromatic nitrogens is 2. The highest BCUT2D eigenvalue weighted by Crippen LogP contribution is 2.21. The number of fused-ring (bicyclic) bond motifs is 1. The fourth-order valence-corrected chi connectivity index (χ4v) is 3.84. The highest BCUT2D eigenvalue weighted by molar-refractivity contribution is 6.31. The van der Waals surface area contributed by atoms with Crippen molar-refractivity contribution in [3.8, 4) is 0 Å². The Kier molecular flexibility index (Phi) is 5.47. The molecule has 6 nitrogen and oxygen atoms in total. The predicted molar refractivity (Wildman–Crippen MR) is 114 cm³/mol. The molecule has 0 aliphatic carbocycles. The molecule has 4 rings (SSSR count). The van der Waals surface area contributed by atoms with Crippen molar-refractivity contribution in [1.29, 1.82) is 0 Å². The number of nitrogens with one attached hydrogen (secondary N) is 2. The molecule has 1 saturated heterocycles. The number of likely N-dealkylation sites (tertiary alicyclic amines) is 1. The van der Waals surface area contributed by atoms with Gasteiger partial charge in [0.2, 0.25) is 0 Å². The topological polar surface area (TPSA) is 78.1 Å². The minimum Gasteiger partial charge on any atom is -0.342 e. The van der Waals surface area contributed by atoms with Crippen molar-refractivity contribution in [3.63, 3.8) is 0 Å². The van der Waals surface area contributed by atoms with E-state index in [1.807, 2.05) is 13.0 Å². The van der Waals surface area contributed by atoms with Crippen LogP contribution >= 0.6 is 11.6 Å². The molecular weight excluding hydrogens is 407 g/mol. The summed E-state index contributed by atoms with van der Waals surface area (Å²) in [4.78, 5) is 34.5. The van der Waals surface area contributed by atoms with Gasteiger partial charge in [-0.25, -0.2) is 9.37 Å². The Labute approximate surface area is 178 Å². The third-order valence-electron chi connectivity index (χ3n) is 5.36. The van der Waals surface area contributed by atoms with Crippen LogP contribution in [-0.2, 0) is 0 Å². The number of carbonyl (C=O) groups excluding carboxylic acids is 2. The molecule has 1 aromatic heterocycles. The molecule has 2 heterocycles. The number of imidazole rings is 1. The third kappa shape index (κ3) is 4.03. The van der Waals surface area contributed by atoms with Gasteiger partial charge in [0.1, 0.15) is 12.0 Å². The summed E-state index contributed by atoms with van der Waals surface area (Å²) in [5.74, 6) is 0.154. The summed E-state index contributed by atoms with van der Waals surface area (Å²) in [6.45, 7) is 4.16. The van der Waals surface area contributed by atoms with E-state index in [-0.39, 0.29) is 24.4 Å². The van der Waals surface area contributed by atoms with Crippen molar-refractivity contribution >= 4 is 34.4 Å². The maximum absolute atomic E-state index is 13.4. The van der Waals surface area contributed by atoms with Crippen LogP contribution in [0.5, 0.6) is 0 Å². The van der Waals surface area contributed by atoms with Gasteiger partial charge in [0.15, 0.2) is 0 Å². The lowest BCUT2D eigenvalue weighted by Crippen LogP contribution is -2.30. The van der Waals surface area contributed by atoms with Crippen molar-refractivity contribution in [2.75, 3.05) is 13.1 Å². The number of rotatable bonds is 4. The lowest BCUT2D eigenvalue weighted by Gasteiger charge is -2.17. The van der Waals surface area contributed by atoms with Gasteiger partial charge in [0.25, 0.3) is 11.8 Å². The van der Waals surface area contributed by atoms with Crippen LogP contribution in [0, 0.1) is 6.92 Å². The first kappa shape index (κ1) is 20.3. The normalized spacial score (nSPS) is 17.3. The van der Waals surface area contributed by atoms with E-state index in [0.717, 1.165) is 11.0 Å². The molecule has 1 aliphatic rings. The first-order valence-corrected chi connectivity index (χ1v) is 10.2. The van der Waals surface area contributed by atoms with Crippen LogP contribution < -0.4 is 5.32 Å². The molecule has 1 fully saturated rings. The van der Waals surface area contributed by atoms with Crippen molar-refractivity contribution in [2.45, 2.75) is 32.5 Å². The van der Waals surface area contributed by atoms with E-state index in [1.54, 1.807) is 37.3 Å². The summed E-state index contributed by atoms with van der Waals surface area (Å²) in [6, 6.07) is 9.95. The Morgan fingerprint density at radius 3 is 2.80 bits per heavy atom. The summed E-state index contributed by atoms with van der Waals surface area (Å²) >= 11 is 6.00. The second-order valence-electron chi connectivity index (χ2n) is 7.65. The summed E-state index contributed by atoms with van der Waals surface area (Å²) in [7, 11) is 0. The number of aromatic amines is 1. The van der Waals surface area contributed by atoms with E-state index in [9.17, 15) is 14.0 Å². The summed E-state index contributed by atoms with van der Waals surface area (Å²) in [5, 5.41) is 3.51. The van der Waals surface area contributed by atoms with Crippen LogP contribution in [0.2, 0.25) is 5.02 Å². The Morgan fingerprint density at radius 1 is 1.30 bits per heavy atom. The molecule has 0 bridgehead atoms. The fraction of sp³-hybridized carbons (Fsp3) is 0.318. The number of benzene rings is 2. The zero-order chi connectivity index (χ0) is 21.4. The number of halogens is 2. The SMILES string of the molecule is Cc1cc(C(=O)N[C@@H](C)c2nc3cc(Cl)ccc3[nH]2)ccc1C(=O)N1CCC(F)C1. The van der Waals surface area contributed by atoms with E-state index in [1.165, 1.54) is 4.90 Å². The van der Waals surface area contributed by atoms with Crippen molar-refractivity contribution in [3.05, 3.63) is 63.9 Å². The third-order valence-corrected chi connectivity index (χ3v) is 5.59. The Hall–Kier alpha value is -2.93. The van der Waals surface area contributed by atoms with Gasteiger partial charge < -0.3 is 15.2 Å². The summed E-state index contributed by atoms with van der Waals surface area (Å²) < 4.78 is 13.4. The van der Waals surface area contributed by atoms with Gasteiger partial charge in [0.05, 0.1) is 23.6 Å². The molecule has 3 aromatic rings. The van der Waals surface area contributed by atoms with Gasteiger partial charge in [-0.3, -0.25) is 9.59 Å². The van der Waals surface area contributed by atoms with Crippen molar-refractivity contribution < 1.29 is 14.0 Å². The summed E-state index contributed by atoms with van der Waals surface area (Å²) in [5.41, 5.74) is 3.19. The number of nitrogens with zero attached hydrogens (tertiary/aromatic N) is 2. The lowest BCUT2D eigenvalue weighted by atomic mass is 10.0. The van der Waals surface area contributed by atoms with Crippen LogP contribution in [-0.4, -0.2) is 45.9 Å². The largest absolute Gasteiger partial charge is 0.342 e. The molecule has 2 aromatic carbocycles.